The number of ether oxygens (including phenoxy) is 1. The fourth-order valence-corrected chi connectivity index (χ4v) is 1.24. The summed E-state index contributed by atoms with van der Waals surface area (Å²) in [6.07, 6.45) is 0.911. The summed E-state index contributed by atoms with van der Waals surface area (Å²) in [6.45, 7) is 12.6. The van der Waals surface area contributed by atoms with Gasteiger partial charge in [0.2, 0.25) is 0 Å². The van der Waals surface area contributed by atoms with Gasteiger partial charge in [0.05, 0.1) is 13.0 Å². The lowest BCUT2D eigenvalue weighted by Crippen LogP contribution is -2.31. The second kappa shape index (κ2) is 2.59. The minimum Gasteiger partial charge on any atom is -0.373 e. The molecule has 0 aromatic carbocycles. The Morgan fingerprint density at radius 1 is 1.60 bits per heavy atom. The third-order valence-corrected chi connectivity index (χ3v) is 2.33. The molecule has 0 N–H and O–H groups in total. The van der Waals surface area contributed by atoms with E-state index in [2.05, 4.69) is 18.7 Å². The monoisotopic (exact) mass is 139 g/mol. The van der Waals surface area contributed by atoms with Gasteiger partial charge in [0, 0.05) is 5.92 Å². The lowest BCUT2D eigenvalue weighted by molar-refractivity contribution is 0.175. The summed E-state index contributed by atoms with van der Waals surface area (Å²) in [4.78, 5) is 3.64. The van der Waals surface area contributed by atoms with Crippen LogP contribution >= 0.6 is 0 Å². The van der Waals surface area contributed by atoms with Gasteiger partial charge in [-0.25, -0.2) is 6.57 Å². The summed E-state index contributed by atoms with van der Waals surface area (Å²) in [5.74, 6) is 0.424. The molecule has 0 aromatic rings. The SMILES string of the molecule is [C-]#[N+][C@@]1(C(C)C)CCOC1. The van der Waals surface area contributed by atoms with Crippen LogP contribution in [0.25, 0.3) is 4.85 Å². The number of nitrogens with zero attached hydrogens (tertiary/aromatic N) is 1. The van der Waals surface area contributed by atoms with Crippen molar-refractivity contribution in [3.8, 4) is 0 Å². The molecule has 0 aliphatic carbocycles. The van der Waals surface area contributed by atoms with E-state index in [1.807, 2.05) is 0 Å². The first kappa shape index (κ1) is 7.56. The number of hydrogen-bond acceptors (Lipinski definition) is 1. The first-order valence-electron chi connectivity index (χ1n) is 3.68. The molecule has 1 aliphatic rings. The number of rotatable bonds is 1. The molecule has 0 bridgehead atoms. The van der Waals surface area contributed by atoms with Gasteiger partial charge in [-0.2, -0.15) is 0 Å². The Hall–Kier alpha value is -0.550. The van der Waals surface area contributed by atoms with Crippen LogP contribution in [-0.2, 0) is 4.74 Å². The van der Waals surface area contributed by atoms with Crippen LogP contribution in [0, 0.1) is 12.5 Å². The molecule has 2 heteroatoms. The Kier molecular flexibility index (Phi) is 1.96. The standard InChI is InChI=1S/C8H13NO/c1-7(2)8(9-3)4-5-10-6-8/h7H,4-6H2,1-2H3/t8-/m0/s1. The van der Waals surface area contributed by atoms with Crippen LogP contribution in [0.5, 0.6) is 0 Å². The van der Waals surface area contributed by atoms with Crippen molar-refractivity contribution < 1.29 is 4.74 Å². The maximum absolute atomic E-state index is 7.02. The molecule has 1 heterocycles. The predicted octanol–water partition coefficient (Wildman–Crippen LogP) is 1.72. The van der Waals surface area contributed by atoms with Crippen molar-refractivity contribution in [1.29, 1.82) is 0 Å². The normalized spacial score (nSPS) is 32.6. The van der Waals surface area contributed by atoms with E-state index in [1.165, 1.54) is 0 Å². The maximum Gasteiger partial charge on any atom is 0.259 e. The van der Waals surface area contributed by atoms with Crippen molar-refractivity contribution >= 4 is 0 Å². The Morgan fingerprint density at radius 3 is 2.50 bits per heavy atom. The predicted molar refractivity (Wildman–Crippen MR) is 39.6 cm³/mol. The van der Waals surface area contributed by atoms with Crippen molar-refractivity contribution in [2.45, 2.75) is 25.8 Å². The van der Waals surface area contributed by atoms with Gasteiger partial charge in [-0.05, 0) is 0 Å². The molecule has 1 saturated heterocycles. The van der Waals surface area contributed by atoms with Gasteiger partial charge in [0.15, 0.2) is 0 Å². The fraction of sp³-hybridized carbons (Fsp3) is 0.875. The van der Waals surface area contributed by atoms with E-state index in [-0.39, 0.29) is 5.54 Å². The van der Waals surface area contributed by atoms with E-state index in [0.29, 0.717) is 12.5 Å². The molecular weight excluding hydrogens is 126 g/mol. The Balaban J connectivity index is 2.70. The van der Waals surface area contributed by atoms with Crippen molar-refractivity contribution in [2.75, 3.05) is 13.2 Å². The van der Waals surface area contributed by atoms with Gasteiger partial charge >= 0.3 is 0 Å². The maximum atomic E-state index is 7.02. The highest BCUT2D eigenvalue weighted by atomic mass is 16.5. The molecule has 1 rings (SSSR count). The third kappa shape index (κ3) is 1.02. The molecular formula is C8H13NO. The van der Waals surface area contributed by atoms with Crippen LogP contribution in [0.3, 0.4) is 0 Å². The average molecular weight is 139 g/mol. The molecule has 0 amide bonds. The van der Waals surface area contributed by atoms with Crippen molar-refractivity contribution in [3.05, 3.63) is 11.4 Å². The fourth-order valence-electron chi connectivity index (χ4n) is 1.24. The molecule has 0 radical (unpaired) electrons. The molecule has 1 aliphatic heterocycles. The first-order valence-corrected chi connectivity index (χ1v) is 3.68. The highest BCUT2D eigenvalue weighted by Gasteiger charge is 2.44. The van der Waals surface area contributed by atoms with E-state index in [1.54, 1.807) is 0 Å². The summed E-state index contributed by atoms with van der Waals surface area (Å²) in [5.41, 5.74) is -0.194. The van der Waals surface area contributed by atoms with E-state index in [9.17, 15) is 0 Å². The summed E-state index contributed by atoms with van der Waals surface area (Å²) < 4.78 is 5.20. The van der Waals surface area contributed by atoms with Crippen LogP contribution in [0.4, 0.5) is 0 Å². The summed E-state index contributed by atoms with van der Waals surface area (Å²) in [6, 6.07) is 0. The second-order valence-electron chi connectivity index (χ2n) is 3.17. The van der Waals surface area contributed by atoms with Crippen LogP contribution in [0.15, 0.2) is 0 Å². The Bertz CT molecular complexity index is 151. The molecule has 1 fully saturated rings. The molecule has 0 spiro atoms. The average Bonchev–Trinajstić information content (AvgIpc) is 2.35. The zero-order chi connectivity index (χ0) is 7.61. The third-order valence-electron chi connectivity index (χ3n) is 2.33. The Morgan fingerprint density at radius 2 is 2.30 bits per heavy atom. The second-order valence-corrected chi connectivity index (χ2v) is 3.17. The topological polar surface area (TPSA) is 13.6 Å². The zero-order valence-electron chi connectivity index (χ0n) is 6.55. The Labute approximate surface area is 62.0 Å². The first-order chi connectivity index (χ1) is 4.71. The molecule has 0 aromatic heterocycles. The van der Waals surface area contributed by atoms with Crippen molar-refractivity contribution in [2.24, 2.45) is 5.92 Å². The van der Waals surface area contributed by atoms with E-state index in [4.69, 9.17) is 11.3 Å². The molecule has 10 heavy (non-hydrogen) atoms. The molecule has 2 nitrogen and oxygen atoms in total. The summed E-state index contributed by atoms with van der Waals surface area (Å²) in [5, 5.41) is 0. The van der Waals surface area contributed by atoms with Gasteiger partial charge in [-0.3, -0.25) is 0 Å². The van der Waals surface area contributed by atoms with E-state index < -0.39 is 0 Å². The van der Waals surface area contributed by atoms with E-state index >= 15 is 0 Å². The van der Waals surface area contributed by atoms with Gasteiger partial charge in [0.1, 0.15) is 6.61 Å². The zero-order valence-corrected chi connectivity index (χ0v) is 6.55. The van der Waals surface area contributed by atoms with Crippen LogP contribution < -0.4 is 0 Å². The van der Waals surface area contributed by atoms with Gasteiger partial charge < -0.3 is 9.58 Å². The minimum absolute atomic E-state index is 0.194. The largest absolute Gasteiger partial charge is 0.373 e. The van der Waals surface area contributed by atoms with Crippen LogP contribution in [0.1, 0.15) is 20.3 Å². The van der Waals surface area contributed by atoms with Crippen LogP contribution in [-0.4, -0.2) is 18.8 Å². The quantitative estimate of drug-likeness (QED) is 0.504. The van der Waals surface area contributed by atoms with Gasteiger partial charge in [-0.15, -0.1) is 0 Å². The number of hydrogen-bond donors (Lipinski definition) is 0. The summed E-state index contributed by atoms with van der Waals surface area (Å²) >= 11 is 0. The minimum atomic E-state index is -0.194. The lowest BCUT2D eigenvalue weighted by Gasteiger charge is -2.17. The molecule has 0 unspecified atom stereocenters. The highest BCUT2D eigenvalue weighted by Crippen LogP contribution is 2.30. The van der Waals surface area contributed by atoms with E-state index in [0.717, 1.165) is 13.0 Å². The molecule has 1 atom stereocenters. The van der Waals surface area contributed by atoms with Gasteiger partial charge in [0.25, 0.3) is 5.54 Å². The van der Waals surface area contributed by atoms with Crippen molar-refractivity contribution in [3.63, 3.8) is 0 Å². The molecule has 0 saturated carbocycles. The highest BCUT2D eigenvalue weighted by molar-refractivity contribution is 5.03. The molecule has 56 valence electrons. The summed E-state index contributed by atoms with van der Waals surface area (Å²) in [7, 11) is 0. The lowest BCUT2D eigenvalue weighted by atomic mass is 9.87. The van der Waals surface area contributed by atoms with Crippen molar-refractivity contribution in [1.82, 2.24) is 0 Å². The smallest absolute Gasteiger partial charge is 0.259 e. The van der Waals surface area contributed by atoms with Crippen LogP contribution in [0.2, 0.25) is 0 Å². The van der Waals surface area contributed by atoms with Gasteiger partial charge in [-0.1, -0.05) is 13.8 Å².